The maximum absolute atomic E-state index is 13.5. The Labute approximate surface area is 154 Å². The number of amides is 1. The van der Waals surface area contributed by atoms with Crippen LogP contribution in [0, 0.1) is 5.82 Å². The molecule has 1 fully saturated rings. The van der Waals surface area contributed by atoms with Crippen LogP contribution in [0.3, 0.4) is 0 Å². The van der Waals surface area contributed by atoms with Gasteiger partial charge in [-0.15, -0.1) is 0 Å². The van der Waals surface area contributed by atoms with Gasteiger partial charge >= 0.3 is 0 Å². The topological polar surface area (TPSA) is 38.8 Å². The molecule has 1 saturated heterocycles. The Hall–Kier alpha value is -2.38. The van der Waals surface area contributed by atoms with Gasteiger partial charge < -0.3 is 9.47 Å². The molecule has 2 aromatic rings. The molecule has 128 valence electrons. The Morgan fingerprint density at radius 3 is 2.64 bits per heavy atom. The molecule has 25 heavy (non-hydrogen) atoms. The Morgan fingerprint density at radius 1 is 1.16 bits per heavy atom. The molecule has 0 atom stereocenters. The van der Waals surface area contributed by atoms with Gasteiger partial charge in [0.05, 0.1) is 24.8 Å². The highest BCUT2D eigenvalue weighted by atomic mass is 32.2. The number of thiocarbonyl (C=S) groups is 1. The first-order valence-corrected chi connectivity index (χ1v) is 8.51. The number of hydrogen-bond donors (Lipinski definition) is 0. The van der Waals surface area contributed by atoms with Gasteiger partial charge in [0.25, 0.3) is 5.91 Å². The predicted molar refractivity (Wildman–Crippen MR) is 102 cm³/mol. The van der Waals surface area contributed by atoms with E-state index in [9.17, 15) is 9.18 Å². The van der Waals surface area contributed by atoms with Crippen LogP contribution >= 0.6 is 24.0 Å². The third kappa shape index (κ3) is 3.52. The third-order valence-electron chi connectivity index (χ3n) is 3.58. The van der Waals surface area contributed by atoms with Crippen molar-refractivity contribution in [3.63, 3.8) is 0 Å². The summed E-state index contributed by atoms with van der Waals surface area (Å²) in [6.07, 6.45) is 1.69. The molecule has 3 rings (SSSR count). The van der Waals surface area contributed by atoms with E-state index in [2.05, 4.69) is 0 Å². The molecule has 0 radical (unpaired) electrons. The molecule has 1 aliphatic rings. The molecule has 0 N–H and O–H groups in total. The van der Waals surface area contributed by atoms with E-state index in [1.54, 1.807) is 44.6 Å². The van der Waals surface area contributed by atoms with E-state index in [1.807, 2.05) is 0 Å². The van der Waals surface area contributed by atoms with Crippen LogP contribution in [0.15, 0.2) is 47.4 Å². The Morgan fingerprint density at radius 2 is 1.96 bits per heavy atom. The second-order valence-electron chi connectivity index (χ2n) is 5.10. The van der Waals surface area contributed by atoms with E-state index in [0.717, 1.165) is 11.8 Å². The summed E-state index contributed by atoms with van der Waals surface area (Å²) in [6, 6.07) is 11.1. The van der Waals surface area contributed by atoms with Crippen LogP contribution in [0.5, 0.6) is 11.5 Å². The summed E-state index contributed by atoms with van der Waals surface area (Å²) in [5.41, 5.74) is 1.10. The van der Waals surface area contributed by atoms with Gasteiger partial charge in [0.1, 0.15) is 17.3 Å². The number of nitrogens with zero attached hydrogens (tertiary/aromatic N) is 1. The molecule has 0 aromatic heterocycles. The number of methoxy groups -OCH3 is 2. The van der Waals surface area contributed by atoms with Crippen molar-refractivity contribution >= 4 is 46.0 Å². The molecule has 1 heterocycles. The summed E-state index contributed by atoms with van der Waals surface area (Å²) < 4.78 is 24.4. The monoisotopic (exact) mass is 375 g/mol. The van der Waals surface area contributed by atoms with Crippen molar-refractivity contribution in [2.45, 2.75) is 0 Å². The van der Waals surface area contributed by atoms with Crippen LogP contribution in [-0.4, -0.2) is 24.4 Å². The summed E-state index contributed by atoms with van der Waals surface area (Å²) in [5.74, 6) is 0.528. The minimum atomic E-state index is -0.426. The number of thioether (sulfide) groups is 1. The highest BCUT2D eigenvalue weighted by Crippen LogP contribution is 2.37. The largest absolute Gasteiger partial charge is 0.497 e. The first-order valence-electron chi connectivity index (χ1n) is 7.29. The van der Waals surface area contributed by atoms with Gasteiger partial charge in [-0.2, -0.15) is 0 Å². The van der Waals surface area contributed by atoms with E-state index in [1.165, 1.54) is 23.1 Å². The summed E-state index contributed by atoms with van der Waals surface area (Å²) >= 11 is 6.45. The zero-order valence-electron chi connectivity index (χ0n) is 13.5. The lowest BCUT2D eigenvalue weighted by molar-refractivity contribution is -0.113. The van der Waals surface area contributed by atoms with Crippen molar-refractivity contribution in [2.24, 2.45) is 0 Å². The molecule has 0 aliphatic carbocycles. The number of benzene rings is 2. The number of carbonyl (C=O) groups excluding carboxylic acids is 1. The van der Waals surface area contributed by atoms with Crippen molar-refractivity contribution < 1.29 is 18.7 Å². The van der Waals surface area contributed by atoms with Crippen LogP contribution in [0.4, 0.5) is 10.1 Å². The molecule has 0 spiro atoms. The fourth-order valence-electron chi connectivity index (χ4n) is 2.40. The Kier molecular flexibility index (Phi) is 5.06. The van der Waals surface area contributed by atoms with Crippen molar-refractivity contribution in [3.8, 4) is 11.5 Å². The standard InChI is InChI=1S/C18H14FNO3S2/c1-22-14-6-7-15(23-2)11(8-14)9-16-17(21)20(18(24)25-16)13-5-3-4-12(19)10-13/h3-10H,1-2H3. The highest BCUT2D eigenvalue weighted by molar-refractivity contribution is 8.27. The predicted octanol–water partition coefficient (Wildman–Crippen LogP) is 4.25. The summed E-state index contributed by atoms with van der Waals surface area (Å²) in [6.45, 7) is 0. The number of rotatable bonds is 4. The molecule has 4 nitrogen and oxygen atoms in total. The number of carbonyl (C=O) groups is 1. The van der Waals surface area contributed by atoms with E-state index < -0.39 is 5.82 Å². The van der Waals surface area contributed by atoms with Gasteiger partial charge in [0.15, 0.2) is 4.32 Å². The van der Waals surface area contributed by atoms with Gasteiger partial charge in [-0.05, 0) is 42.5 Å². The molecule has 0 bridgehead atoms. The SMILES string of the molecule is COc1ccc(OC)c(C=C2SC(=S)N(c3cccc(F)c3)C2=O)c1. The lowest BCUT2D eigenvalue weighted by atomic mass is 10.1. The minimum Gasteiger partial charge on any atom is -0.497 e. The first-order chi connectivity index (χ1) is 12.0. The number of halogens is 1. The van der Waals surface area contributed by atoms with Gasteiger partial charge in [-0.3, -0.25) is 9.69 Å². The molecule has 1 amide bonds. The fourth-order valence-corrected chi connectivity index (χ4v) is 3.69. The van der Waals surface area contributed by atoms with Crippen molar-refractivity contribution in [3.05, 3.63) is 58.8 Å². The zero-order chi connectivity index (χ0) is 18.0. The maximum Gasteiger partial charge on any atom is 0.270 e. The van der Waals surface area contributed by atoms with E-state index >= 15 is 0 Å². The smallest absolute Gasteiger partial charge is 0.270 e. The van der Waals surface area contributed by atoms with Crippen LogP contribution in [0.25, 0.3) is 6.08 Å². The second kappa shape index (κ2) is 7.25. The van der Waals surface area contributed by atoms with Crippen molar-refractivity contribution in [1.82, 2.24) is 0 Å². The summed E-state index contributed by atoms with van der Waals surface area (Å²) in [7, 11) is 3.12. The van der Waals surface area contributed by atoms with Crippen LogP contribution in [0.2, 0.25) is 0 Å². The molecule has 0 saturated carbocycles. The first kappa shape index (κ1) is 17.4. The number of hydrogen-bond acceptors (Lipinski definition) is 5. The Bertz CT molecular complexity index is 882. The van der Waals surface area contributed by atoms with E-state index in [0.29, 0.717) is 32.0 Å². The average molecular weight is 375 g/mol. The molecule has 7 heteroatoms. The molecule has 0 unspecified atom stereocenters. The number of anilines is 1. The van der Waals surface area contributed by atoms with Crippen LogP contribution < -0.4 is 14.4 Å². The summed E-state index contributed by atoms with van der Waals surface area (Å²) in [4.78, 5) is 14.5. The lowest BCUT2D eigenvalue weighted by Crippen LogP contribution is -2.27. The average Bonchev–Trinajstić information content (AvgIpc) is 2.88. The fraction of sp³-hybridized carbons (Fsp3) is 0.111. The summed E-state index contributed by atoms with van der Waals surface area (Å²) in [5, 5.41) is 0. The van der Waals surface area contributed by atoms with Crippen LogP contribution in [0.1, 0.15) is 5.56 Å². The van der Waals surface area contributed by atoms with Crippen LogP contribution in [-0.2, 0) is 4.79 Å². The molecular weight excluding hydrogens is 361 g/mol. The molecule has 2 aromatic carbocycles. The molecule has 1 aliphatic heterocycles. The van der Waals surface area contributed by atoms with Crippen molar-refractivity contribution in [2.75, 3.05) is 19.1 Å². The Balaban J connectivity index is 1.98. The van der Waals surface area contributed by atoms with Gasteiger partial charge in [-0.25, -0.2) is 4.39 Å². The second-order valence-corrected chi connectivity index (χ2v) is 6.78. The van der Waals surface area contributed by atoms with E-state index in [-0.39, 0.29) is 5.91 Å². The quantitative estimate of drug-likeness (QED) is 0.590. The number of ether oxygens (including phenoxy) is 2. The lowest BCUT2D eigenvalue weighted by Gasteiger charge is -2.14. The third-order valence-corrected chi connectivity index (χ3v) is 4.89. The maximum atomic E-state index is 13.5. The molecular formula is C18H14FNO3S2. The van der Waals surface area contributed by atoms with Gasteiger partial charge in [0.2, 0.25) is 0 Å². The highest BCUT2D eigenvalue weighted by Gasteiger charge is 2.33. The van der Waals surface area contributed by atoms with Gasteiger partial charge in [0, 0.05) is 5.56 Å². The van der Waals surface area contributed by atoms with Crippen molar-refractivity contribution in [1.29, 1.82) is 0 Å². The normalized spacial score (nSPS) is 15.8. The zero-order valence-corrected chi connectivity index (χ0v) is 15.1. The minimum absolute atomic E-state index is 0.300. The van der Waals surface area contributed by atoms with E-state index in [4.69, 9.17) is 21.7 Å². The van der Waals surface area contributed by atoms with Gasteiger partial charge in [-0.1, -0.05) is 30.0 Å².